The van der Waals surface area contributed by atoms with Crippen LogP contribution in [0.2, 0.25) is 0 Å². The molecule has 8 aromatic rings. The number of aryl methyl sites for hydroxylation is 2. The molecule has 15 nitrogen and oxygen atoms in total. The van der Waals surface area contributed by atoms with Crippen molar-refractivity contribution in [2.45, 2.75) is 26.9 Å². The molecule has 6 aromatic carbocycles. The summed E-state index contributed by atoms with van der Waals surface area (Å²) in [5.41, 5.74) is 8.33. The van der Waals surface area contributed by atoms with E-state index in [4.69, 9.17) is 15.2 Å². The minimum absolute atomic E-state index is 0.118. The summed E-state index contributed by atoms with van der Waals surface area (Å²) in [5.74, 6) is 3.82. The minimum Gasteiger partial charge on any atom is -0.465 e. The summed E-state index contributed by atoms with van der Waals surface area (Å²) in [6, 6.07) is 44.0. The highest BCUT2D eigenvalue weighted by molar-refractivity contribution is 5.94. The largest absolute Gasteiger partial charge is 0.465 e. The van der Waals surface area contributed by atoms with E-state index in [1.54, 1.807) is 51.0 Å². The first-order chi connectivity index (χ1) is 30.2. The Bertz CT molecular complexity index is 2740. The average molecular weight is 833 g/mol. The van der Waals surface area contributed by atoms with E-state index in [1.165, 1.54) is 7.11 Å². The Balaban J connectivity index is 0.000000199. The van der Waals surface area contributed by atoms with E-state index in [2.05, 4.69) is 26.5 Å². The minimum atomic E-state index is -0.563. The fourth-order valence-electron chi connectivity index (χ4n) is 6.85. The fourth-order valence-corrected chi connectivity index (χ4v) is 6.85. The van der Waals surface area contributed by atoms with Crippen molar-refractivity contribution >= 4 is 45.1 Å². The number of esters is 1. The third-order valence-electron chi connectivity index (χ3n) is 9.82. The molecule has 2 aromatic heterocycles. The molecule has 0 saturated heterocycles. The Labute approximate surface area is 355 Å². The van der Waals surface area contributed by atoms with Crippen LogP contribution >= 0.6 is 0 Å². The van der Waals surface area contributed by atoms with Crippen LogP contribution in [0.3, 0.4) is 0 Å². The number of carbonyl (C=O) groups excluding carboxylic acids is 2. The van der Waals surface area contributed by atoms with E-state index in [9.17, 15) is 19.2 Å². The zero-order valence-electron chi connectivity index (χ0n) is 34.1. The van der Waals surface area contributed by atoms with Gasteiger partial charge in [0.05, 0.1) is 45.9 Å². The summed E-state index contributed by atoms with van der Waals surface area (Å²) in [6.07, 6.45) is 0. The van der Waals surface area contributed by atoms with Crippen LogP contribution in [0.25, 0.3) is 33.2 Å². The summed E-state index contributed by atoms with van der Waals surface area (Å²) >= 11 is 0. The first-order valence-electron chi connectivity index (χ1n) is 19.3. The molecular formula is C47H44N8O7. The maximum absolute atomic E-state index is 13.4. The van der Waals surface area contributed by atoms with Crippen LogP contribution in [-0.2, 0) is 17.8 Å². The Hall–Kier alpha value is -7.98. The van der Waals surface area contributed by atoms with Crippen molar-refractivity contribution < 1.29 is 24.7 Å². The third kappa shape index (κ3) is 9.72. The van der Waals surface area contributed by atoms with Crippen LogP contribution in [0.4, 0.5) is 11.4 Å². The van der Waals surface area contributed by atoms with Gasteiger partial charge < -0.3 is 20.6 Å². The van der Waals surface area contributed by atoms with Gasteiger partial charge in [0, 0.05) is 30.0 Å². The number of carbonyl (C=O) groups is 2. The highest BCUT2D eigenvalue weighted by Crippen LogP contribution is 2.23. The molecular weight excluding hydrogens is 789 g/mol. The molecule has 1 amide bonds. The lowest BCUT2D eigenvalue weighted by molar-refractivity contribution is 0.0600. The molecule has 314 valence electrons. The number of hydroxylamine groups is 1. The second-order valence-corrected chi connectivity index (χ2v) is 13.7. The summed E-state index contributed by atoms with van der Waals surface area (Å²) in [7, 11) is 1.36. The Morgan fingerprint density at radius 2 is 0.984 bits per heavy atom. The highest BCUT2D eigenvalue weighted by atomic mass is 16.5. The molecule has 0 unspecified atom stereocenters. The SMILES string of the molecule is COC(=O)c1ccc(CNc2cccc3nc(C)n(-c4ccccc4)c(=O)c23)cc1.Cc1nc2cccc(NCc3ccc(C(=O)NO)cc3)c2c(=O)n1-c1ccccc1.NO. The van der Waals surface area contributed by atoms with E-state index < -0.39 is 5.91 Å². The van der Waals surface area contributed by atoms with E-state index in [0.717, 1.165) is 22.5 Å². The van der Waals surface area contributed by atoms with E-state index >= 15 is 0 Å². The number of benzene rings is 6. The average Bonchev–Trinajstić information content (AvgIpc) is 3.31. The van der Waals surface area contributed by atoms with E-state index in [-0.39, 0.29) is 17.1 Å². The molecule has 0 aliphatic carbocycles. The van der Waals surface area contributed by atoms with Gasteiger partial charge in [-0.05, 0) is 97.8 Å². The number of anilines is 2. The van der Waals surface area contributed by atoms with Gasteiger partial charge in [-0.2, -0.15) is 0 Å². The molecule has 7 N–H and O–H groups in total. The van der Waals surface area contributed by atoms with Gasteiger partial charge in [0.1, 0.15) is 11.6 Å². The van der Waals surface area contributed by atoms with E-state index in [1.807, 2.05) is 123 Å². The Kier molecular flexibility index (Phi) is 14.3. The molecule has 2 heterocycles. The fraction of sp³-hybridized carbons (Fsp3) is 0.106. The molecule has 62 heavy (non-hydrogen) atoms. The number of ether oxygens (including phenoxy) is 1. The number of para-hydroxylation sites is 2. The number of methoxy groups -OCH3 is 1. The van der Waals surface area contributed by atoms with Crippen molar-refractivity contribution in [2.24, 2.45) is 5.90 Å². The van der Waals surface area contributed by atoms with Crippen molar-refractivity contribution in [2.75, 3.05) is 17.7 Å². The van der Waals surface area contributed by atoms with Crippen LogP contribution in [0.1, 0.15) is 43.5 Å². The van der Waals surface area contributed by atoms with Crippen LogP contribution < -0.4 is 33.1 Å². The molecule has 0 atom stereocenters. The number of hydrogen-bond donors (Lipinski definition) is 6. The number of nitrogens with two attached hydrogens (primary N) is 1. The van der Waals surface area contributed by atoms with Gasteiger partial charge in [0.15, 0.2) is 0 Å². The third-order valence-corrected chi connectivity index (χ3v) is 9.82. The van der Waals surface area contributed by atoms with E-state index in [0.29, 0.717) is 69.0 Å². The van der Waals surface area contributed by atoms with Crippen LogP contribution in [0.15, 0.2) is 155 Å². The van der Waals surface area contributed by atoms with Gasteiger partial charge in [-0.1, -0.05) is 72.8 Å². The normalized spacial score (nSPS) is 10.5. The van der Waals surface area contributed by atoms with Crippen molar-refractivity contribution in [1.29, 1.82) is 0 Å². The van der Waals surface area contributed by atoms with Gasteiger partial charge in [0.25, 0.3) is 17.0 Å². The second-order valence-electron chi connectivity index (χ2n) is 13.7. The molecule has 15 heteroatoms. The quantitative estimate of drug-likeness (QED) is 0.0474. The number of amides is 1. The molecule has 0 spiro atoms. The molecule has 0 aliphatic heterocycles. The second kappa shape index (κ2) is 20.3. The topological polar surface area (TPSA) is 216 Å². The number of aromatic nitrogens is 4. The van der Waals surface area contributed by atoms with Crippen LogP contribution in [0, 0.1) is 13.8 Å². The Morgan fingerprint density at radius 1 is 0.581 bits per heavy atom. The zero-order valence-corrected chi connectivity index (χ0v) is 34.1. The summed E-state index contributed by atoms with van der Waals surface area (Å²) in [6.45, 7) is 4.60. The van der Waals surface area contributed by atoms with Gasteiger partial charge in [-0.15, -0.1) is 0 Å². The molecule has 0 aliphatic rings. The number of nitrogens with zero attached hydrogens (tertiary/aromatic N) is 4. The first kappa shape index (κ1) is 43.6. The molecule has 8 rings (SSSR count). The predicted molar refractivity (Wildman–Crippen MR) is 238 cm³/mol. The van der Waals surface area contributed by atoms with Gasteiger partial charge >= 0.3 is 5.97 Å². The molecule has 0 bridgehead atoms. The number of nitrogens with one attached hydrogen (secondary N) is 3. The van der Waals surface area contributed by atoms with Crippen molar-refractivity contribution in [3.63, 3.8) is 0 Å². The molecule has 0 fully saturated rings. The lowest BCUT2D eigenvalue weighted by Gasteiger charge is -2.14. The maximum Gasteiger partial charge on any atom is 0.337 e. The molecule has 0 saturated carbocycles. The van der Waals surface area contributed by atoms with Crippen LogP contribution in [0.5, 0.6) is 0 Å². The predicted octanol–water partition coefficient (Wildman–Crippen LogP) is 6.85. The number of fused-ring (bicyclic) bond motifs is 2. The van der Waals surface area contributed by atoms with Crippen molar-refractivity contribution in [3.05, 3.63) is 200 Å². The van der Waals surface area contributed by atoms with Crippen LogP contribution in [-0.4, -0.2) is 48.5 Å². The summed E-state index contributed by atoms with van der Waals surface area (Å²) in [4.78, 5) is 59.0. The lowest BCUT2D eigenvalue weighted by atomic mass is 10.1. The lowest BCUT2D eigenvalue weighted by Crippen LogP contribution is -2.23. The zero-order chi connectivity index (χ0) is 44.2. The monoisotopic (exact) mass is 832 g/mol. The smallest absolute Gasteiger partial charge is 0.337 e. The highest BCUT2D eigenvalue weighted by Gasteiger charge is 2.15. The summed E-state index contributed by atoms with van der Waals surface area (Å²) < 4.78 is 7.96. The van der Waals surface area contributed by atoms with Gasteiger partial charge in [-0.25, -0.2) is 26.1 Å². The number of rotatable bonds is 10. The van der Waals surface area contributed by atoms with Gasteiger partial charge in [-0.3, -0.25) is 28.7 Å². The first-order valence-corrected chi connectivity index (χ1v) is 19.3. The number of hydrogen-bond acceptors (Lipinski definition) is 12. The maximum atomic E-state index is 13.4. The summed E-state index contributed by atoms with van der Waals surface area (Å²) in [5, 5.41) is 22.9. The molecule has 0 radical (unpaired) electrons. The standard InChI is InChI=1S/C24H21N3O3.C23H20N4O3.H3NO/c1-16-26-21-10-6-9-20(22(21)23(28)27(16)19-7-4-3-5-8-19)25-15-17-11-13-18(14-12-17)24(29)30-2;1-15-25-20-9-5-8-19(21(20)23(29)27(15)18-6-3-2-4-7-18)24-14-16-10-12-17(13-11-16)22(28)26-30;1-2/h3-14,25H,15H2,1-2H3;2-13,24,30H,14H2,1H3,(H,26,28);2H,1H2. The van der Waals surface area contributed by atoms with Crippen molar-refractivity contribution in [1.82, 2.24) is 24.6 Å². The Morgan fingerprint density at radius 3 is 1.37 bits per heavy atom. The van der Waals surface area contributed by atoms with Gasteiger partial charge in [0.2, 0.25) is 0 Å². The van der Waals surface area contributed by atoms with Crippen molar-refractivity contribution in [3.8, 4) is 11.4 Å².